The van der Waals surface area contributed by atoms with Crippen molar-refractivity contribution in [3.63, 3.8) is 0 Å². The van der Waals surface area contributed by atoms with E-state index in [1.165, 1.54) is 12.8 Å². The van der Waals surface area contributed by atoms with E-state index >= 15 is 0 Å². The molecule has 0 bridgehead atoms. The Morgan fingerprint density at radius 1 is 1.00 bits per heavy atom. The van der Waals surface area contributed by atoms with E-state index in [0.29, 0.717) is 5.41 Å². The average Bonchev–Trinajstić information content (AvgIpc) is 1.82. The maximum absolute atomic E-state index is 7.63. The molecule has 0 aromatic heterocycles. The topological polar surface area (TPSA) is 23.9 Å². The van der Waals surface area contributed by atoms with Gasteiger partial charge in [0.1, 0.15) is 0 Å². The van der Waals surface area contributed by atoms with Crippen LogP contribution in [0.25, 0.3) is 0 Å². The molecule has 0 aliphatic carbocycles. The standard InChI is InChI=1S/C12H25N/c1-10(13)12(5,6)9-7-8-11(2,3)4/h13H,7-9H2,1-6H3. The Labute approximate surface area is 83.4 Å². The van der Waals surface area contributed by atoms with Crippen molar-refractivity contribution in [3.8, 4) is 0 Å². The normalized spacial score (nSPS) is 13.1. The highest BCUT2D eigenvalue weighted by molar-refractivity contribution is 5.84. The molecule has 0 aliphatic heterocycles. The van der Waals surface area contributed by atoms with E-state index in [4.69, 9.17) is 5.41 Å². The third-order valence-corrected chi connectivity index (χ3v) is 2.74. The van der Waals surface area contributed by atoms with E-state index in [9.17, 15) is 0 Å². The molecule has 78 valence electrons. The summed E-state index contributed by atoms with van der Waals surface area (Å²) in [6, 6.07) is 0. The summed E-state index contributed by atoms with van der Waals surface area (Å²) in [5.74, 6) is 0. The van der Waals surface area contributed by atoms with E-state index in [-0.39, 0.29) is 5.41 Å². The lowest BCUT2D eigenvalue weighted by atomic mass is 9.80. The molecule has 0 radical (unpaired) electrons. The SMILES string of the molecule is CC(=N)C(C)(C)CCCC(C)(C)C. The van der Waals surface area contributed by atoms with Crippen LogP contribution in [0.5, 0.6) is 0 Å². The van der Waals surface area contributed by atoms with Gasteiger partial charge in [0, 0.05) is 11.1 Å². The molecule has 1 N–H and O–H groups in total. The predicted molar refractivity (Wildman–Crippen MR) is 60.5 cm³/mol. The van der Waals surface area contributed by atoms with Gasteiger partial charge < -0.3 is 5.41 Å². The van der Waals surface area contributed by atoms with Crippen LogP contribution in [0, 0.1) is 16.2 Å². The molecule has 13 heavy (non-hydrogen) atoms. The van der Waals surface area contributed by atoms with Crippen LogP contribution < -0.4 is 0 Å². The van der Waals surface area contributed by atoms with Gasteiger partial charge in [-0.05, 0) is 25.2 Å². The van der Waals surface area contributed by atoms with Crippen LogP contribution in [0.2, 0.25) is 0 Å². The molecule has 0 aromatic carbocycles. The molecule has 0 amide bonds. The minimum Gasteiger partial charge on any atom is -0.309 e. The minimum absolute atomic E-state index is 0.102. The van der Waals surface area contributed by atoms with Gasteiger partial charge >= 0.3 is 0 Å². The third-order valence-electron chi connectivity index (χ3n) is 2.74. The molecule has 0 spiro atoms. The molecular formula is C12H25N. The van der Waals surface area contributed by atoms with Gasteiger partial charge in [0.15, 0.2) is 0 Å². The van der Waals surface area contributed by atoms with Crippen molar-refractivity contribution in [2.24, 2.45) is 10.8 Å². The second-order valence-electron chi connectivity index (χ2n) is 5.92. The Balaban J connectivity index is 3.84. The zero-order valence-corrected chi connectivity index (χ0v) is 10.1. The largest absolute Gasteiger partial charge is 0.309 e. The molecule has 0 unspecified atom stereocenters. The van der Waals surface area contributed by atoms with Crippen LogP contribution in [0.1, 0.15) is 60.8 Å². The second-order valence-corrected chi connectivity index (χ2v) is 5.92. The van der Waals surface area contributed by atoms with Gasteiger partial charge in [-0.25, -0.2) is 0 Å². The predicted octanol–water partition coefficient (Wildman–Crippen LogP) is 4.27. The summed E-state index contributed by atoms with van der Waals surface area (Å²) in [4.78, 5) is 0. The Bertz CT molecular complexity index is 172. The first-order valence-corrected chi connectivity index (χ1v) is 5.21. The number of hydrogen-bond donors (Lipinski definition) is 1. The monoisotopic (exact) mass is 183 g/mol. The van der Waals surface area contributed by atoms with Gasteiger partial charge in [0.25, 0.3) is 0 Å². The molecule has 0 aromatic rings. The summed E-state index contributed by atoms with van der Waals surface area (Å²) >= 11 is 0. The van der Waals surface area contributed by atoms with Crippen molar-refractivity contribution >= 4 is 5.71 Å². The Kier molecular flexibility index (Phi) is 4.15. The van der Waals surface area contributed by atoms with Crippen molar-refractivity contribution in [2.45, 2.75) is 60.8 Å². The molecule has 0 rings (SSSR count). The zero-order valence-electron chi connectivity index (χ0n) is 10.1. The van der Waals surface area contributed by atoms with Crippen molar-refractivity contribution in [1.29, 1.82) is 5.41 Å². The molecule has 0 heterocycles. The molecule has 0 aliphatic rings. The van der Waals surface area contributed by atoms with Gasteiger partial charge in [-0.1, -0.05) is 41.0 Å². The number of rotatable bonds is 4. The number of hydrogen-bond acceptors (Lipinski definition) is 1. The minimum atomic E-state index is 0.102. The van der Waals surface area contributed by atoms with Gasteiger partial charge in [-0.15, -0.1) is 0 Å². The van der Waals surface area contributed by atoms with Crippen molar-refractivity contribution in [3.05, 3.63) is 0 Å². The van der Waals surface area contributed by atoms with E-state index in [0.717, 1.165) is 12.1 Å². The summed E-state index contributed by atoms with van der Waals surface area (Å²) in [5, 5.41) is 7.63. The van der Waals surface area contributed by atoms with Crippen LogP contribution in [0.3, 0.4) is 0 Å². The lowest BCUT2D eigenvalue weighted by Crippen LogP contribution is -2.21. The lowest BCUT2D eigenvalue weighted by Gasteiger charge is -2.26. The fourth-order valence-electron chi connectivity index (χ4n) is 1.25. The highest BCUT2D eigenvalue weighted by atomic mass is 14.5. The first-order valence-electron chi connectivity index (χ1n) is 5.21. The molecular weight excluding hydrogens is 158 g/mol. The highest BCUT2D eigenvalue weighted by Gasteiger charge is 2.21. The first-order chi connectivity index (χ1) is 5.65. The first kappa shape index (κ1) is 12.7. The van der Waals surface area contributed by atoms with Gasteiger partial charge in [-0.3, -0.25) is 0 Å². The van der Waals surface area contributed by atoms with E-state index in [1.807, 2.05) is 6.92 Å². The van der Waals surface area contributed by atoms with E-state index in [1.54, 1.807) is 0 Å². The van der Waals surface area contributed by atoms with Gasteiger partial charge in [0.2, 0.25) is 0 Å². The number of nitrogens with one attached hydrogen (secondary N) is 1. The second kappa shape index (κ2) is 4.26. The molecule has 1 heteroatoms. The van der Waals surface area contributed by atoms with Crippen LogP contribution in [-0.4, -0.2) is 5.71 Å². The molecule has 1 nitrogen and oxygen atoms in total. The van der Waals surface area contributed by atoms with Crippen LogP contribution in [0.4, 0.5) is 0 Å². The summed E-state index contributed by atoms with van der Waals surface area (Å²) in [7, 11) is 0. The Morgan fingerprint density at radius 2 is 1.46 bits per heavy atom. The summed E-state index contributed by atoms with van der Waals surface area (Å²) in [5.41, 5.74) is 1.35. The van der Waals surface area contributed by atoms with Gasteiger partial charge in [0.05, 0.1) is 0 Å². The zero-order chi connectivity index (χ0) is 10.7. The highest BCUT2D eigenvalue weighted by Crippen LogP contribution is 2.29. The molecule has 0 atom stereocenters. The van der Waals surface area contributed by atoms with Crippen LogP contribution in [-0.2, 0) is 0 Å². The smallest absolute Gasteiger partial charge is 0.0114 e. The van der Waals surface area contributed by atoms with Crippen molar-refractivity contribution < 1.29 is 0 Å². The summed E-state index contributed by atoms with van der Waals surface area (Å²) in [6.45, 7) is 13.1. The summed E-state index contributed by atoms with van der Waals surface area (Å²) in [6.07, 6.45) is 3.62. The third kappa shape index (κ3) is 5.84. The molecule has 0 saturated heterocycles. The fraction of sp³-hybridized carbons (Fsp3) is 0.917. The van der Waals surface area contributed by atoms with Crippen LogP contribution in [0.15, 0.2) is 0 Å². The lowest BCUT2D eigenvalue weighted by molar-refractivity contribution is 0.330. The van der Waals surface area contributed by atoms with Crippen LogP contribution >= 0.6 is 0 Å². The van der Waals surface area contributed by atoms with E-state index < -0.39 is 0 Å². The fourth-order valence-corrected chi connectivity index (χ4v) is 1.25. The maximum Gasteiger partial charge on any atom is 0.0114 e. The maximum atomic E-state index is 7.63. The van der Waals surface area contributed by atoms with E-state index in [2.05, 4.69) is 34.6 Å². The molecule has 0 fully saturated rings. The van der Waals surface area contributed by atoms with Crippen molar-refractivity contribution in [1.82, 2.24) is 0 Å². The Hall–Kier alpha value is -0.330. The van der Waals surface area contributed by atoms with Gasteiger partial charge in [-0.2, -0.15) is 0 Å². The quantitative estimate of drug-likeness (QED) is 0.629. The average molecular weight is 183 g/mol. The molecule has 0 saturated carbocycles. The Morgan fingerprint density at radius 3 is 1.77 bits per heavy atom. The summed E-state index contributed by atoms with van der Waals surface area (Å²) < 4.78 is 0. The van der Waals surface area contributed by atoms with Crippen molar-refractivity contribution in [2.75, 3.05) is 0 Å².